The fraction of sp³-hybridized carbons (Fsp3) is 0.900. The van der Waals surface area contributed by atoms with E-state index < -0.39 is 0 Å². The molecule has 0 spiro atoms. The van der Waals surface area contributed by atoms with Gasteiger partial charge in [-0.15, -0.1) is 0 Å². The van der Waals surface area contributed by atoms with Crippen molar-refractivity contribution in [3.63, 3.8) is 0 Å². The Kier molecular flexibility index (Phi) is 3.72. The Morgan fingerprint density at radius 3 is 2.77 bits per heavy atom. The number of rotatable bonds is 3. The van der Waals surface area contributed by atoms with Crippen molar-refractivity contribution in [3.05, 3.63) is 0 Å². The second-order valence-electron chi connectivity index (χ2n) is 3.87. The number of nitrogens with zero attached hydrogens (tertiary/aromatic N) is 1. The highest BCUT2D eigenvalue weighted by Gasteiger charge is 2.34. The van der Waals surface area contributed by atoms with E-state index in [9.17, 15) is 4.79 Å². The Morgan fingerprint density at radius 1 is 1.54 bits per heavy atom. The van der Waals surface area contributed by atoms with E-state index in [1.54, 1.807) is 0 Å². The van der Waals surface area contributed by atoms with Gasteiger partial charge in [-0.2, -0.15) is 0 Å². The number of carbonyl (C=O) groups is 1. The van der Waals surface area contributed by atoms with Gasteiger partial charge in [-0.1, -0.05) is 13.8 Å². The van der Waals surface area contributed by atoms with Crippen LogP contribution in [0.4, 0.5) is 0 Å². The number of methoxy groups -OCH3 is 1. The molecule has 3 heteroatoms. The molecule has 0 aromatic rings. The highest BCUT2D eigenvalue weighted by atomic mass is 16.5. The molecule has 3 nitrogen and oxygen atoms in total. The Balaban J connectivity index is 2.46. The predicted octanol–water partition coefficient (Wildman–Crippen LogP) is 1.14. The van der Waals surface area contributed by atoms with E-state index in [0.717, 1.165) is 26.1 Å². The third-order valence-electron chi connectivity index (χ3n) is 2.73. The topological polar surface area (TPSA) is 29.5 Å². The molecule has 0 aromatic carbocycles. The number of likely N-dealkylation sites (tertiary alicyclic amines) is 1. The van der Waals surface area contributed by atoms with Gasteiger partial charge in [0.15, 0.2) is 0 Å². The highest BCUT2D eigenvalue weighted by molar-refractivity contribution is 5.73. The third kappa shape index (κ3) is 2.44. The maximum Gasteiger partial charge on any atom is 0.310 e. The number of ether oxygens (including phenoxy) is 1. The smallest absolute Gasteiger partial charge is 0.310 e. The summed E-state index contributed by atoms with van der Waals surface area (Å²) in [6, 6.07) is 0. The van der Waals surface area contributed by atoms with E-state index in [2.05, 4.69) is 18.7 Å². The zero-order valence-electron chi connectivity index (χ0n) is 8.75. The summed E-state index contributed by atoms with van der Waals surface area (Å²) < 4.78 is 4.77. The second kappa shape index (κ2) is 4.61. The molecule has 0 aromatic heterocycles. The molecule has 1 aliphatic rings. The zero-order chi connectivity index (χ0) is 9.84. The Labute approximate surface area is 80.1 Å². The van der Waals surface area contributed by atoms with Gasteiger partial charge in [0, 0.05) is 13.1 Å². The molecule has 0 saturated carbocycles. The Morgan fingerprint density at radius 2 is 2.23 bits per heavy atom. The van der Waals surface area contributed by atoms with Gasteiger partial charge in [0.25, 0.3) is 0 Å². The van der Waals surface area contributed by atoms with Crippen LogP contribution in [0.15, 0.2) is 0 Å². The van der Waals surface area contributed by atoms with Gasteiger partial charge >= 0.3 is 5.97 Å². The van der Waals surface area contributed by atoms with Gasteiger partial charge in [-0.25, -0.2) is 0 Å². The van der Waals surface area contributed by atoms with Crippen LogP contribution in [-0.2, 0) is 9.53 Å². The van der Waals surface area contributed by atoms with Crippen molar-refractivity contribution < 1.29 is 9.53 Å². The first-order chi connectivity index (χ1) is 6.19. The standard InChI is InChI=1S/C10H19NO2/c1-4-5-11-6-8(2)9(7-11)10(12)13-3/h8-9H,4-7H2,1-3H3. The molecule has 13 heavy (non-hydrogen) atoms. The maximum absolute atomic E-state index is 11.3. The number of carbonyl (C=O) groups excluding carboxylic acids is 1. The number of hydrogen-bond acceptors (Lipinski definition) is 3. The van der Waals surface area contributed by atoms with Crippen molar-refractivity contribution in [2.75, 3.05) is 26.7 Å². The maximum atomic E-state index is 11.3. The van der Waals surface area contributed by atoms with E-state index in [4.69, 9.17) is 4.74 Å². The summed E-state index contributed by atoms with van der Waals surface area (Å²) in [7, 11) is 1.47. The third-order valence-corrected chi connectivity index (χ3v) is 2.73. The highest BCUT2D eigenvalue weighted by Crippen LogP contribution is 2.23. The summed E-state index contributed by atoms with van der Waals surface area (Å²) in [6.07, 6.45) is 1.15. The molecule has 0 bridgehead atoms. The van der Waals surface area contributed by atoms with E-state index in [1.165, 1.54) is 7.11 Å². The van der Waals surface area contributed by atoms with Gasteiger partial charge in [-0.3, -0.25) is 4.79 Å². The average Bonchev–Trinajstić information content (AvgIpc) is 2.46. The summed E-state index contributed by atoms with van der Waals surface area (Å²) in [5.74, 6) is 0.488. The van der Waals surface area contributed by atoms with Crippen LogP contribution < -0.4 is 0 Å². The molecule has 1 rings (SSSR count). The molecule has 0 aliphatic carbocycles. The molecule has 1 fully saturated rings. The van der Waals surface area contributed by atoms with Crippen LogP contribution in [0.2, 0.25) is 0 Å². The minimum atomic E-state index is -0.0499. The lowest BCUT2D eigenvalue weighted by atomic mass is 9.99. The van der Waals surface area contributed by atoms with E-state index in [0.29, 0.717) is 5.92 Å². The van der Waals surface area contributed by atoms with Gasteiger partial charge in [0.2, 0.25) is 0 Å². The summed E-state index contributed by atoms with van der Waals surface area (Å²) in [5, 5.41) is 0. The first-order valence-corrected chi connectivity index (χ1v) is 4.99. The van der Waals surface area contributed by atoms with Crippen LogP contribution in [0.1, 0.15) is 20.3 Å². The second-order valence-corrected chi connectivity index (χ2v) is 3.87. The molecule has 1 heterocycles. The molecule has 0 radical (unpaired) electrons. The van der Waals surface area contributed by atoms with Gasteiger partial charge in [-0.05, 0) is 18.9 Å². The first kappa shape index (κ1) is 10.5. The zero-order valence-corrected chi connectivity index (χ0v) is 8.75. The van der Waals surface area contributed by atoms with Gasteiger partial charge in [0.1, 0.15) is 0 Å². The summed E-state index contributed by atoms with van der Waals surface area (Å²) in [4.78, 5) is 13.7. The summed E-state index contributed by atoms with van der Waals surface area (Å²) >= 11 is 0. The van der Waals surface area contributed by atoms with Crippen LogP contribution in [-0.4, -0.2) is 37.6 Å². The van der Waals surface area contributed by atoms with Crippen molar-refractivity contribution in [1.29, 1.82) is 0 Å². The van der Waals surface area contributed by atoms with Crippen molar-refractivity contribution >= 4 is 5.97 Å². The van der Waals surface area contributed by atoms with Crippen molar-refractivity contribution in [3.8, 4) is 0 Å². The van der Waals surface area contributed by atoms with Crippen LogP contribution in [0, 0.1) is 11.8 Å². The lowest BCUT2D eigenvalue weighted by Gasteiger charge is -2.13. The minimum absolute atomic E-state index is 0.0499. The molecule has 2 unspecified atom stereocenters. The molecule has 0 amide bonds. The van der Waals surface area contributed by atoms with E-state index in [-0.39, 0.29) is 11.9 Å². The molecule has 1 aliphatic heterocycles. The Bertz CT molecular complexity index is 182. The average molecular weight is 185 g/mol. The largest absolute Gasteiger partial charge is 0.469 e. The molecule has 0 N–H and O–H groups in total. The lowest BCUT2D eigenvalue weighted by Crippen LogP contribution is -2.25. The number of esters is 1. The van der Waals surface area contributed by atoms with Gasteiger partial charge < -0.3 is 9.64 Å². The molecular weight excluding hydrogens is 166 g/mol. The van der Waals surface area contributed by atoms with Crippen molar-refractivity contribution in [2.45, 2.75) is 20.3 Å². The van der Waals surface area contributed by atoms with Gasteiger partial charge in [0.05, 0.1) is 13.0 Å². The van der Waals surface area contributed by atoms with Crippen LogP contribution >= 0.6 is 0 Å². The first-order valence-electron chi connectivity index (χ1n) is 4.99. The fourth-order valence-corrected chi connectivity index (χ4v) is 2.02. The monoisotopic (exact) mass is 185 g/mol. The molecule has 1 saturated heterocycles. The van der Waals surface area contributed by atoms with Crippen molar-refractivity contribution in [2.24, 2.45) is 11.8 Å². The summed E-state index contributed by atoms with van der Waals surface area (Å²) in [6.45, 7) is 7.29. The van der Waals surface area contributed by atoms with E-state index >= 15 is 0 Å². The van der Waals surface area contributed by atoms with Crippen LogP contribution in [0.25, 0.3) is 0 Å². The lowest BCUT2D eigenvalue weighted by molar-refractivity contribution is -0.146. The molecular formula is C10H19NO2. The number of hydrogen-bond donors (Lipinski definition) is 0. The minimum Gasteiger partial charge on any atom is -0.469 e. The molecule has 76 valence electrons. The SMILES string of the molecule is CCCN1CC(C)C(C(=O)OC)C1. The molecule has 2 atom stereocenters. The Hall–Kier alpha value is -0.570. The normalized spacial score (nSPS) is 29.2. The summed E-state index contributed by atoms with van der Waals surface area (Å²) in [5.41, 5.74) is 0. The fourth-order valence-electron chi connectivity index (χ4n) is 2.02. The van der Waals surface area contributed by atoms with E-state index in [1.807, 2.05) is 0 Å². The van der Waals surface area contributed by atoms with Crippen LogP contribution in [0.5, 0.6) is 0 Å². The van der Waals surface area contributed by atoms with Crippen LogP contribution in [0.3, 0.4) is 0 Å². The quantitative estimate of drug-likeness (QED) is 0.617. The van der Waals surface area contributed by atoms with Crippen molar-refractivity contribution in [1.82, 2.24) is 4.90 Å². The predicted molar refractivity (Wildman–Crippen MR) is 51.4 cm³/mol.